The molecule has 0 saturated carbocycles. The maximum Gasteiger partial charge on any atom is 0.134 e. The standard InChI is InChI=1S/C24H24ClNOS/c1-16-24(17-10-12-26-11-3-2-6-19(26)13-17)22-15-21(8-9-23(22)27-16)28-20-7-4-5-18(25)14-20/h4-5,7-10,14-15,19H,2-3,6,11-13H2,1H3. The average molecular weight is 410 g/mol. The van der Waals surface area contributed by atoms with E-state index < -0.39 is 0 Å². The summed E-state index contributed by atoms with van der Waals surface area (Å²) in [6, 6.07) is 15.2. The van der Waals surface area contributed by atoms with Crippen LogP contribution < -0.4 is 0 Å². The van der Waals surface area contributed by atoms with Crippen LogP contribution in [-0.4, -0.2) is 24.0 Å². The Labute approximate surface area is 175 Å². The third kappa shape index (κ3) is 3.52. The SMILES string of the molecule is Cc1oc2ccc(Sc3cccc(Cl)c3)cc2c1C1=CCN2CCCCC2C1. The van der Waals surface area contributed by atoms with Crippen molar-refractivity contribution in [2.75, 3.05) is 13.1 Å². The molecule has 0 bridgehead atoms. The number of piperidine rings is 1. The van der Waals surface area contributed by atoms with E-state index in [4.69, 9.17) is 16.0 Å². The number of hydrogen-bond donors (Lipinski definition) is 0. The minimum Gasteiger partial charge on any atom is -0.461 e. The predicted octanol–water partition coefficient (Wildman–Crippen LogP) is 7.19. The van der Waals surface area contributed by atoms with E-state index in [2.05, 4.69) is 42.2 Å². The molecule has 3 aromatic rings. The van der Waals surface area contributed by atoms with Crippen molar-refractivity contribution >= 4 is 39.9 Å². The molecule has 1 unspecified atom stereocenters. The summed E-state index contributed by atoms with van der Waals surface area (Å²) >= 11 is 7.90. The topological polar surface area (TPSA) is 16.4 Å². The lowest BCUT2D eigenvalue weighted by Gasteiger charge is -2.38. The second-order valence-corrected chi connectivity index (χ2v) is 9.41. The first-order chi connectivity index (χ1) is 13.7. The molecule has 1 saturated heterocycles. The van der Waals surface area contributed by atoms with Gasteiger partial charge in [0.1, 0.15) is 11.3 Å². The van der Waals surface area contributed by atoms with E-state index in [1.54, 1.807) is 11.8 Å². The van der Waals surface area contributed by atoms with E-state index >= 15 is 0 Å². The van der Waals surface area contributed by atoms with Gasteiger partial charge in [-0.25, -0.2) is 0 Å². The molecule has 1 fully saturated rings. The van der Waals surface area contributed by atoms with E-state index in [0.29, 0.717) is 6.04 Å². The predicted molar refractivity (Wildman–Crippen MR) is 118 cm³/mol. The first-order valence-corrected chi connectivity index (χ1v) is 11.3. The van der Waals surface area contributed by atoms with E-state index in [1.165, 1.54) is 47.2 Å². The Morgan fingerprint density at radius 3 is 2.89 bits per heavy atom. The lowest BCUT2D eigenvalue weighted by atomic mass is 9.88. The fourth-order valence-electron chi connectivity index (χ4n) is 4.63. The third-order valence-corrected chi connectivity index (χ3v) is 7.18. The van der Waals surface area contributed by atoms with Crippen LogP contribution in [-0.2, 0) is 0 Å². The fourth-order valence-corrected chi connectivity index (χ4v) is 5.80. The number of nitrogens with zero attached hydrogens (tertiary/aromatic N) is 1. The van der Waals surface area contributed by atoms with Gasteiger partial charge in [-0.3, -0.25) is 4.90 Å². The molecule has 1 aromatic heterocycles. The Hall–Kier alpha value is -1.68. The van der Waals surface area contributed by atoms with E-state index in [-0.39, 0.29) is 0 Å². The summed E-state index contributed by atoms with van der Waals surface area (Å²) in [5.74, 6) is 1.04. The van der Waals surface area contributed by atoms with Gasteiger partial charge in [-0.2, -0.15) is 0 Å². The van der Waals surface area contributed by atoms with Gasteiger partial charge in [-0.05, 0) is 74.7 Å². The molecular formula is C24H24ClNOS. The number of rotatable bonds is 3. The summed E-state index contributed by atoms with van der Waals surface area (Å²) in [4.78, 5) is 5.02. The van der Waals surface area contributed by atoms with Gasteiger partial charge in [-0.1, -0.05) is 41.9 Å². The van der Waals surface area contributed by atoms with Crippen LogP contribution in [0.25, 0.3) is 16.5 Å². The molecule has 0 N–H and O–H groups in total. The van der Waals surface area contributed by atoms with E-state index in [1.807, 2.05) is 18.2 Å². The minimum absolute atomic E-state index is 0.696. The zero-order valence-electron chi connectivity index (χ0n) is 16.1. The summed E-state index contributed by atoms with van der Waals surface area (Å²) in [6.45, 7) is 4.43. The quantitative estimate of drug-likeness (QED) is 0.455. The molecule has 5 rings (SSSR count). The van der Waals surface area contributed by atoms with Gasteiger partial charge < -0.3 is 4.42 Å². The first kappa shape index (κ1) is 18.4. The smallest absolute Gasteiger partial charge is 0.134 e. The van der Waals surface area contributed by atoms with Gasteiger partial charge in [0, 0.05) is 38.3 Å². The number of furan rings is 1. The molecule has 2 nitrogen and oxygen atoms in total. The molecule has 1 atom stereocenters. The van der Waals surface area contributed by atoms with Crippen LogP contribution in [0.2, 0.25) is 5.02 Å². The molecule has 0 spiro atoms. The van der Waals surface area contributed by atoms with Crippen molar-refractivity contribution in [3.8, 4) is 0 Å². The van der Waals surface area contributed by atoms with Crippen molar-refractivity contribution in [1.82, 2.24) is 4.90 Å². The summed E-state index contributed by atoms with van der Waals surface area (Å²) in [5, 5.41) is 2.01. The van der Waals surface area contributed by atoms with Crippen molar-refractivity contribution in [3.63, 3.8) is 0 Å². The van der Waals surface area contributed by atoms with Gasteiger partial charge >= 0.3 is 0 Å². The Morgan fingerprint density at radius 2 is 2.00 bits per heavy atom. The zero-order chi connectivity index (χ0) is 19.1. The van der Waals surface area contributed by atoms with Crippen molar-refractivity contribution in [2.24, 2.45) is 0 Å². The molecule has 0 radical (unpaired) electrons. The van der Waals surface area contributed by atoms with Gasteiger partial charge in [0.15, 0.2) is 0 Å². The third-order valence-electron chi connectivity index (χ3n) is 5.97. The molecule has 0 amide bonds. The number of benzene rings is 2. The normalized spacial score (nSPS) is 20.2. The highest BCUT2D eigenvalue weighted by Crippen LogP contribution is 2.40. The Bertz CT molecular complexity index is 1050. The molecule has 144 valence electrons. The number of fused-ring (bicyclic) bond motifs is 2. The molecule has 3 heterocycles. The fraction of sp³-hybridized carbons (Fsp3) is 0.333. The van der Waals surface area contributed by atoms with Crippen molar-refractivity contribution in [2.45, 2.75) is 48.4 Å². The van der Waals surface area contributed by atoms with Crippen molar-refractivity contribution < 1.29 is 4.42 Å². The van der Waals surface area contributed by atoms with Crippen LogP contribution in [0.5, 0.6) is 0 Å². The largest absolute Gasteiger partial charge is 0.461 e. The highest BCUT2D eigenvalue weighted by atomic mass is 35.5. The molecule has 0 aliphatic carbocycles. The molecule has 4 heteroatoms. The van der Waals surface area contributed by atoms with Crippen LogP contribution in [0.3, 0.4) is 0 Å². The van der Waals surface area contributed by atoms with Gasteiger partial charge in [0.2, 0.25) is 0 Å². The highest BCUT2D eigenvalue weighted by Gasteiger charge is 2.28. The van der Waals surface area contributed by atoms with Crippen molar-refractivity contribution in [1.29, 1.82) is 0 Å². The van der Waals surface area contributed by atoms with Crippen molar-refractivity contribution in [3.05, 3.63) is 64.9 Å². The monoisotopic (exact) mass is 409 g/mol. The van der Waals surface area contributed by atoms with Crippen LogP contribution in [0.15, 0.2) is 62.7 Å². The van der Waals surface area contributed by atoms with Crippen LogP contribution in [0.1, 0.15) is 37.0 Å². The van der Waals surface area contributed by atoms with Crippen LogP contribution in [0, 0.1) is 6.92 Å². The zero-order valence-corrected chi connectivity index (χ0v) is 17.7. The summed E-state index contributed by atoms with van der Waals surface area (Å²) in [6.07, 6.45) is 7.59. The molecule has 2 aliphatic heterocycles. The Kier molecular flexibility index (Phi) is 5.00. The lowest BCUT2D eigenvalue weighted by Crippen LogP contribution is -2.41. The summed E-state index contributed by atoms with van der Waals surface area (Å²) in [7, 11) is 0. The van der Waals surface area contributed by atoms with Gasteiger partial charge in [0.05, 0.1) is 0 Å². The number of hydrogen-bond acceptors (Lipinski definition) is 3. The highest BCUT2D eigenvalue weighted by molar-refractivity contribution is 7.99. The molecule has 28 heavy (non-hydrogen) atoms. The van der Waals surface area contributed by atoms with E-state index in [9.17, 15) is 0 Å². The Balaban J connectivity index is 1.50. The summed E-state index contributed by atoms with van der Waals surface area (Å²) < 4.78 is 6.13. The molecule has 2 aromatic carbocycles. The lowest BCUT2D eigenvalue weighted by molar-refractivity contribution is 0.161. The average Bonchev–Trinajstić information content (AvgIpc) is 3.03. The van der Waals surface area contributed by atoms with Gasteiger partial charge in [-0.15, -0.1) is 0 Å². The summed E-state index contributed by atoms with van der Waals surface area (Å²) in [5.41, 5.74) is 3.76. The Morgan fingerprint density at radius 1 is 1.11 bits per heavy atom. The molecular weight excluding hydrogens is 386 g/mol. The maximum atomic E-state index is 6.15. The van der Waals surface area contributed by atoms with Crippen LogP contribution >= 0.6 is 23.4 Å². The first-order valence-electron chi connectivity index (χ1n) is 10.1. The number of aryl methyl sites for hydroxylation is 1. The second-order valence-electron chi connectivity index (χ2n) is 7.83. The maximum absolute atomic E-state index is 6.15. The minimum atomic E-state index is 0.696. The second kappa shape index (κ2) is 7.62. The van der Waals surface area contributed by atoms with Crippen LogP contribution in [0.4, 0.5) is 0 Å². The van der Waals surface area contributed by atoms with Gasteiger partial charge in [0.25, 0.3) is 0 Å². The van der Waals surface area contributed by atoms with E-state index in [0.717, 1.165) is 34.2 Å². The molecule has 2 aliphatic rings. The number of halogens is 1.